The third-order valence-electron chi connectivity index (χ3n) is 4.27. The van der Waals surface area contributed by atoms with Crippen LogP contribution in [0, 0.1) is 0 Å². The Balaban J connectivity index is 1.49. The number of fused-ring (bicyclic) bond motifs is 2. The lowest BCUT2D eigenvalue weighted by atomic mass is 10.2. The van der Waals surface area contributed by atoms with Crippen molar-refractivity contribution < 1.29 is 14.0 Å². The zero-order valence-electron chi connectivity index (χ0n) is 13.8. The Kier molecular flexibility index (Phi) is 3.60. The highest BCUT2D eigenvalue weighted by Gasteiger charge is 2.17. The lowest BCUT2D eigenvalue weighted by Crippen LogP contribution is -2.20. The summed E-state index contributed by atoms with van der Waals surface area (Å²) in [5.74, 6) is 1.49. The van der Waals surface area contributed by atoms with E-state index < -0.39 is 0 Å². The van der Waals surface area contributed by atoms with Crippen LogP contribution in [0.15, 0.2) is 47.4 Å². The first-order chi connectivity index (χ1) is 12.8. The SMILES string of the molecule is c1nc(Oc2ccc3cnoc3c2)c2nc(O[C@H]3CCNC3)ccc2n1. The summed E-state index contributed by atoms with van der Waals surface area (Å²) in [5.41, 5.74) is 1.88. The van der Waals surface area contributed by atoms with Gasteiger partial charge in [-0.05, 0) is 31.2 Å². The van der Waals surface area contributed by atoms with Crippen LogP contribution in [0.25, 0.3) is 22.0 Å². The van der Waals surface area contributed by atoms with Crippen molar-refractivity contribution in [3.63, 3.8) is 0 Å². The van der Waals surface area contributed by atoms with Crippen LogP contribution in [0.5, 0.6) is 17.5 Å². The van der Waals surface area contributed by atoms with Gasteiger partial charge in [0, 0.05) is 24.1 Å². The van der Waals surface area contributed by atoms with Crippen molar-refractivity contribution in [2.24, 2.45) is 0 Å². The van der Waals surface area contributed by atoms with Gasteiger partial charge in [0.25, 0.3) is 0 Å². The lowest BCUT2D eigenvalue weighted by Gasteiger charge is -2.12. The average Bonchev–Trinajstić information content (AvgIpc) is 3.33. The van der Waals surface area contributed by atoms with E-state index in [0.717, 1.165) is 24.9 Å². The molecule has 1 atom stereocenters. The second-order valence-electron chi connectivity index (χ2n) is 6.06. The summed E-state index contributed by atoms with van der Waals surface area (Å²) in [6.45, 7) is 1.78. The average molecular weight is 349 g/mol. The quantitative estimate of drug-likeness (QED) is 0.601. The summed E-state index contributed by atoms with van der Waals surface area (Å²) in [4.78, 5) is 13.0. The number of aromatic nitrogens is 4. The van der Waals surface area contributed by atoms with Crippen molar-refractivity contribution in [1.29, 1.82) is 0 Å². The molecule has 1 saturated heterocycles. The molecule has 0 aliphatic carbocycles. The largest absolute Gasteiger partial charge is 0.473 e. The Morgan fingerprint density at radius 3 is 3.08 bits per heavy atom. The van der Waals surface area contributed by atoms with E-state index >= 15 is 0 Å². The molecule has 26 heavy (non-hydrogen) atoms. The van der Waals surface area contributed by atoms with Crippen molar-refractivity contribution in [3.8, 4) is 17.5 Å². The standard InChI is InChI=1S/C18H15N5O3/c1-2-12(7-15-11(1)8-22-26-15)25-18-17-14(20-10-21-18)3-4-16(23-17)24-13-5-6-19-9-13/h1-4,7-8,10,13,19H,5-6,9H2/t13-/m0/s1. The van der Waals surface area contributed by atoms with E-state index in [1.165, 1.54) is 6.33 Å². The van der Waals surface area contributed by atoms with Crippen molar-refractivity contribution in [1.82, 2.24) is 25.4 Å². The Hall–Kier alpha value is -3.26. The molecule has 0 spiro atoms. The topological polar surface area (TPSA) is 95.2 Å². The van der Waals surface area contributed by atoms with Crippen LogP contribution < -0.4 is 14.8 Å². The van der Waals surface area contributed by atoms with Crippen molar-refractivity contribution in [2.75, 3.05) is 13.1 Å². The molecule has 4 heterocycles. The predicted octanol–water partition coefficient (Wildman–Crippen LogP) is 2.70. The van der Waals surface area contributed by atoms with Gasteiger partial charge in [-0.15, -0.1) is 0 Å². The molecule has 1 aromatic carbocycles. The van der Waals surface area contributed by atoms with Gasteiger partial charge < -0.3 is 19.3 Å². The smallest absolute Gasteiger partial charge is 0.249 e. The number of hydrogen-bond acceptors (Lipinski definition) is 8. The first kappa shape index (κ1) is 15.0. The molecular formula is C18H15N5O3. The number of nitrogens with one attached hydrogen (secondary N) is 1. The molecule has 8 nitrogen and oxygen atoms in total. The number of benzene rings is 1. The molecule has 1 N–H and O–H groups in total. The second kappa shape index (κ2) is 6.23. The summed E-state index contributed by atoms with van der Waals surface area (Å²) in [6, 6.07) is 9.14. The molecule has 8 heteroatoms. The highest BCUT2D eigenvalue weighted by Crippen LogP contribution is 2.29. The van der Waals surface area contributed by atoms with E-state index in [9.17, 15) is 0 Å². The van der Waals surface area contributed by atoms with Gasteiger partial charge in [0.15, 0.2) is 11.1 Å². The minimum Gasteiger partial charge on any atom is -0.473 e. The third-order valence-corrected chi connectivity index (χ3v) is 4.27. The molecule has 1 aliphatic heterocycles. The molecule has 0 radical (unpaired) electrons. The van der Waals surface area contributed by atoms with Gasteiger partial charge in [0.1, 0.15) is 18.2 Å². The highest BCUT2D eigenvalue weighted by molar-refractivity contribution is 5.80. The number of rotatable bonds is 4. The zero-order chi connectivity index (χ0) is 17.3. The molecule has 4 aromatic rings. The monoisotopic (exact) mass is 349 g/mol. The Bertz CT molecular complexity index is 1070. The normalized spacial score (nSPS) is 17.0. The van der Waals surface area contributed by atoms with E-state index in [4.69, 9.17) is 14.0 Å². The van der Waals surface area contributed by atoms with Gasteiger partial charge >= 0.3 is 0 Å². The summed E-state index contributed by atoms with van der Waals surface area (Å²) < 4.78 is 17.0. The molecule has 0 saturated carbocycles. The van der Waals surface area contributed by atoms with Crippen molar-refractivity contribution in [3.05, 3.63) is 42.9 Å². The number of pyridine rings is 1. The third kappa shape index (κ3) is 2.80. The molecule has 3 aromatic heterocycles. The number of ether oxygens (including phenoxy) is 2. The molecule has 1 aliphatic rings. The second-order valence-corrected chi connectivity index (χ2v) is 6.06. The highest BCUT2D eigenvalue weighted by atomic mass is 16.5. The van der Waals surface area contributed by atoms with Gasteiger partial charge in [-0.1, -0.05) is 5.16 Å². The Labute approximate surface area is 148 Å². The van der Waals surface area contributed by atoms with Gasteiger partial charge in [-0.3, -0.25) is 0 Å². The summed E-state index contributed by atoms with van der Waals surface area (Å²) in [7, 11) is 0. The molecule has 0 amide bonds. The van der Waals surface area contributed by atoms with Gasteiger partial charge in [0.05, 0.1) is 11.7 Å². The fourth-order valence-electron chi connectivity index (χ4n) is 2.96. The minimum atomic E-state index is 0.128. The first-order valence-corrected chi connectivity index (χ1v) is 8.36. The van der Waals surface area contributed by atoms with E-state index in [1.54, 1.807) is 12.3 Å². The van der Waals surface area contributed by atoms with Crippen LogP contribution in [0.2, 0.25) is 0 Å². The van der Waals surface area contributed by atoms with Gasteiger partial charge in [0.2, 0.25) is 11.8 Å². The molecular weight excluding hydrogens is 334 g/mol. The first-order valence-electron chi connectivity index (χ1n) is 8.36. The van der Waals surface area contributed by atoms with Crippen LogP contribution in [0.1, 0.15) is 6.42 Å². The summed E-state index contributed by atoms with van der Waals surface area (Å²) in [5, 5.41) is 7.95. The Morgan fingerprint density at radius 2 is 2.15 bits per heavy atom. The fraction of sp³-hybridized carbons (Fsp3) is 0.222. The van der Waals surface area contributed by atoms with E-state index in [-0.39, 0.29) is 6.10 Å². The summed E-state index contributed by atoms with van der Waals surface area (Å²) in [6.07, 6.45) is 4.20. The van der Waals surface area contributed by atoms with Crippen LogP contribution >= 0.6 is 0 Å². The lowest BCUT2D eigenvalue weighted by molar-refractivity contribution is 0.214. The van der Waals surface area contributed by atoms with Gasteiger partial charge in [-0.2, -0.15) is 4.98 Å². The molecule has 0 unspecified atom stereocenters. The molecule has 0 bridgehead atoms. The van der Waals surface area contributed by atoms with Crippen LogP contribution in [-0.4, -0.2) is 39.3 Å². The fourth-order valence-corrected chi connectivity index (χ4v) is 2.96. The minimum absolute atomic E-state index is 0.128. The summed E-state index contributed by atoms with van der Waals surface area (Å²) >= 11 is 0. The maximum absolute atomic E-state index is 5.93. The molecule has 130 valence electrons. The molecule has 5 rings (SSSR count). The van der Waals surface area contributed by atoms with Gasteiger partial charge in [-0.25, -0.2) is 9.97 Å². The Morgan fingerprint density at radius 1 is 1.15 bits per heavy atom. The maximum atomic E-state index is 5.93. The predicted molar refractivity (Wildman–Crippen MR) is 93.3 cm³/mol. The number of nitrogens with zero attached hydrogens (tertiary/aromatic N) is 4. The zero-order valence-corrected chi connectivity index (χ0v) is 13.8. The van der Waals surface area contributed by atoms with E-state index in [2.05, 4.69) is 25.4 Å². The van der Waals surface area contributed by atoms with Crippen molar-refractivity contribution in [2.45, 2.75) is 12.5 Å². The van der Waals surface area contributed by atoms with Crippen LogP contribution in [0.3, 0.4) is 0 Å². The van der Waals surface area contributed by atoms with Crippen LogP contribution in [0.4, 0.5) is 0 Å². The van der Waals surface area contributed by atoms with Crippen LogP contribution in [-0.2, 0) is 0 Å². The maximum Gasteiger partial charge on any atom is 0.249 e. The van der Waals surface area contributed by atoms with E-state index in [1.807, 2.05) is 24.3 Å². The van der Waals surface area contributed by atoms with E-state index in [0.29, 0.717) is 34.1 Å². The van der Waals surface area contributed by atoms with Crippen molar-refractivity contribution >= 4 is 22.0 Å². The molecule has 1 fully saturated rings. The number of hydrogen-bond donors (Lipinski definition) is 1.